The van der Waals surface area contributed by atoms with Crippen LogP contribution in [0.3, 0.4) is 0 Å². The molecule has 1 atom stereocenters. The van der Waals surface area contributed by atoms with Crippen LogP contribution in [0.1, 0.15) is 24.9 Å². The van der Waals surface area contributed by atoms with Gasteiger partial charge in [-0.1, -0.05) is 11.6 Å². The molecule has 0 aliphatic rings. The monoisotopic (exact) mass is 293 g/mol. The predicted molar refractivity (Wildman–Crippen MR) is 67.7 cm³/mol. The van der Waals surface area contributed by atoms with Crippen molar-refractivity contribution in [1.29, 1.82) is 0 Å². The zero-order valence-corrected chi connectivity index (χ0v) is 10.9. The molecular formula is C11H14BrClFN. The normalized spacial score (nSPS) is 11.7. The van der Waals surface area contributed by atoms with Crippen molar-refractivity contribution in [2.75, 3.05) is 0 Å². The van der Waals surface area contributed by atoms with Crippen molar-refractivity contribution in [2.45, 2.75) is 19.4 Å². The second kappa shape index (κ2) is 6.26. The molecule has 0 amide bonds. The third-order valence-corrected chi connectivity index (χ3v) is 2.55. The summed E-state index contributed by atoms with van der Waals surface area (Å²) >= 11 is 3.13. The molecular weight excluding hydrogens is 280 g/mol. The number of halogens is 3. The topological polar surface area (TPSA) is 26.0 Å². The summed E-state index contributed by atoms with van der Waals surface area (Å²) in [5.41, 5.74) is 7.85. The number of rotatable bonds is 3. The molecule has 1 aromatic carbocycles. The molecule has 0 radical (unpaired) electrons. The fraction of sp³-hybridized carbons (Fsp3) is 0.273. The summed E-state index contributed by atoms with van der Waals surface area (Å²) in [5.74, 6) is -0.267. The number of hydrogen-bond acceptors (Lipinski definition) is 1. The molecule has 0 aliphatic carbocycles. The Balaban J connectivity index is 0.00000196. The summed E-state index contributed by atoms with van der Waals surface area (Å²) in [5, 5.41) is 0. The quantitative estimate of drug-likeness (QED) is 0.839. The van der Waals surface area contributed by atoms with Crippen LogP contribution in [0.25, 0.3) is 0 Å². The van der Waals surface area contributed by atoms with Crippen molar-refractivity contribution >= 4 is 28.3 Å². The van der Waals surface area contributed by atoms with Gasteiger partial charge in [0.1, 0.15) is 5.82 Å². The Labute approximate surface area is 104 Å². The van der Waals surface area contributed by atoms with Crippen LogP contribution in [0, 0.1) is 5.82 Å². The fourth-order valence-corrected chi connectivity index (χ4v) is 1.63. The molecule has 0 unspecified atom stereocenters. The Morgan fingerprint density at radius 3 is 2.67 bits per heavy atom. The van der Waals surface area contributed by atoms with Crippen LogP contribution in [0.2, 0.25) is 0 Å². The zero-order valence-electron chi connectivity index (χ0n) is 8.47. The Bertz CT molecular complexity index is 354. The van der Waals surface area contributed by atoms with Crippen molar-refractivity contribution in [2.24, 2.45) is 5.73 Å². The standard InChI is InChI=1S/C11H13BrFN.ClH/c1-7(2)5-11(14)8-3-4-10(13)9(12)6-8;/h3-4,6,11H,1,5,14H2,2H3;1H/t11-;/m1./s1. The lowest BCUT2D eigenvalue weighted by Crippen LogP contribution is -2.10. The van der Waals surface area contributed by atoms with E-state index in [1.165, 1.54) is 6.07 Å². The molecule has 0 fully saturated rings. The van der Waals surface area contributed by atoms with E-state index in [2.05, 4.69) is 22.5 Å². The van der Waals surface area contributed by atoms with Gasteiger partial charge in [0, 0.05) is 6.04 Å². The van der Waals surface area contributed by atoms with E-state index >= 15 is 0 Å². The molecule has 15 heavy (non-hydrogen) atoms. The maximum atomic E-state index is 12.9. The van der Waals surface area contributed by atoms with Gasteiger partial charge in [-0.05, 0) is 47.0 Å². The minimum absolute atomic E-state index is 0. The summed E-state index contributed by atoms with van der Waals surface area (Å²) in [6.07, 6.45) is 0.720. The largest absolute Gasteiger partial charge is 0.324 e. The van der Waals surface area contributed by atoms with Gasteiger partial charge in [0.25, 0.3) is 0 Å². The van der Waals surface area contributed by atoms with Gasteiger partial charge < -0.3 is 5.73 Å². The van der Waals surface area contributed by atoms with Crippen molar-refractivity contribution in [3.63, 3.8) is 0 Å². The smallest absolute Gasteiger partial charge is 0.137 e. The lowest BCUT2D eigenvalue weighted by molar-refractivity contribution is 0.617. The summed E-state index contributed by atoms with van der Waals surface area (Å²) in [7, 11) is 0. The highest BCUT2D eigenvalue weighted by molar-refractivity contribution is 9.10. The minimum Gasteiger partial charge on any atom is -0.324 e. The molecule has 0 heterocycles. The molecule has 0 saturated heterocycles. The average molecular weight is 295 g/mol. The average Bonchev–Trinajstić information content (AvgIpc) is 2.08. The number of nitrogens with two attached hydrogens (primary N) is 1. The van der Waals surface area contributed by atoms with Crippen LogP contribution >= 0.6 is 28.3 Å². The molecule has 0 spiro atoms. The molecule has 1 rings (SSSR count). The van der Waals surface area contributed by atoms with E-state index < -0.39 is 0 Å². The lowest BCUT2D eigenvalue weighted by atomic mass is 10.0. The van der Waals surface area contributed by atoms with Gasteiger partial charge in [-0.3, -0.25) is 0 Å². The van der Waals surface area contributed by atoms with E-state index in [1.807, 2.05) is 6.92 Å². The van der Waals surface area contributed by atoms with Gasteiger partial charge in [0.15, 0.2) is 0 Å². The van der Waals surface area contributed by atoms with Crippen LogP contribution in [-0.4, -0.2) is 0 Å². The van der Waals surface area contributed by atoms with E-state index in [-0.39, 0.29) is 24.3 Å². The van der Waals surface area contributed by atoms with Crippen LogP contribution in [-0.2, 0) is 0 Å². The molecule has 4 heteroatoms. The van der Waals surface area contributed by atoms with Gasteiger partial charge in [-0.25, -0.2) is 4.39 Å². The summed E-state index contributed by atoms with van der Waals surface area (Å²) in [6, 6.07) is 4.72. The first-order chi connectivity index (χ1) is 6.50. The second-order valence-corrected chi connectivity index (χ2v) is 4.30. The molecule has 0 saturated carbocycles. The summed E-state index contributed by atoms with van der Waals surface area (Å²) in [6.45, 7) is 5.72. The van der Waals surface area contributed by atoms with Crippen LogP contribution in [0.5, 0.6) is 0 Å². The lowest BCUT2D eigenvalue weighted by Gasteiger charge is -2.12. The van der Waals surface area contributed by atoms with Crippen molar-refractivity contribution in [1.82, 2.24) is 0 Å². The van der Waals surface area contributed by atoms with Crippen molar-refractivity contribution < 1.29 is 4.39 Å². The van der Waals surface area contributed by atoms with Crippen molar-refractivity contribution in [3.05, 3.63) is 46.2 Å². The molecule has 1 nitrogen and oxygen atoms in total. The molecule has 2 N–H and O–H groups in total. The van der Waals surface area contributed by atoms with E-state index in [1.54, 1.807) is 12.1 Å². The van der Waals surface area contributed by atoms with Gasteiger partial charge in [0.05, 0.1) is 4.47 Å². The Morgan fingerprint density at radius 2 is 2.20 bits per heavy atom. The third kappa shape index (κ3) is 4.33. The Morgan fingerprint density at radius 1 is 1.60 bits per heavy atom. The van der Waals surface area contributed by atoms with E-state index in [0.29, 0.717) is 4.47 Å². The van der Waals surface area contributed by atoms with E-state index in [0.717, 1.165) is 17.6 Å². The Hall–Kier alpha value is -0.380. The first-order valence-corrected chi connectivity index (χ1v) is 5.15. The highest BCUT2D eigenvalue weighted by Crippen LogP contribution is 2.23. The first-order valence-electron chi connectivity index (χ1n) is 4.35. The van der Waals surface area contributed by atoms with Gasteiger partial charge in [0.2, 0.25) is 0 Å². The van der Waals surface area contributed by atoms with Crippen LogP contribution < -0.4 is 5.73 Å². The van der Waals surface area contributed by atoms with Gasteiger partial charge in [-0.15, -0.1) is 19.0 Å². The number of hydrogen-bond donors (Lipinski definition) is 1. The summed E-state index contributed by atoms with van der Waals surface area (Å²) < 4.78 is 13.4. The minimum atomic E-state index is -0.267. The SMILES string of the molecule is C=C(C)C[C@@H](N)c1ccc(F)c(Br)c1.Cl. The zero-order chi connectivity index (χ0) is 10.7. The van der Waals surface area contributed by atoms with Crippen LogP contribution in [0.15, 0.2) is 34.8 Å². The molecule has 84 valence electrons. The van der Waals surface area contributed by atoms with Crippen molar-refractivity contribution in [3.8, 4) is 0 Å². The van der Waals surface area contributed by atoms with Crippen LogP contribution in [0.4, 0.5) is 4.39 Å². The van der Waals surface area contributed by atoms with Gasteiger partial charge in [-0.2, -0.15) is 0 Å². The fourth-order valence-electron chi connectivity index (χ4n) is 1.24. The molecule has 0 aliphatic heterocycles. The highest BCUT2D eigenvalue weighted by atomic mass is 79.9. The second-order valence-electron chi connectivity index (χ2n) is 3.44. The highest BCUT2D eigenvalue weighted by Gasteiger charge is 2.08. The summed E-state index contributed by atoms with van der Waals surface area (Å²) in [4.78, 5) is 0. The van der Waals surface area contributed by atoms with E-state index in [9.17, 15) is 4.39 Å². The predicted octanol–water partition coefficient (Wildman–Crippen LogP) is 3.98. The third-order valence-electron chi connectivity index (χ3n) is 1.94. The first kappa shape index (κ1) is 14.6. The maximum Gasteiger partial charge on any atom is 0.137 e. The molecule has 1 aromatic rings. The van der Waals surface area contributed by atoms with E-state index in [4.69, 9.17) is 5.73 Å². The Kier molecular flexibility index (Phi) is 6.10. The molecule has 0 bridgehead atoms. The molecule has 0 aromatic heterocycles. The maximum absolute atomic E-state index is 12.9. The number of benzene rings is 1. The van der Waals surface area contributed by atoms with Gasteiger partial charge >= 0.3 is 0 Å².